The third-order valence-corrected chi connectivity index (χ3v) is 6.24. The molecule has 2 aliphatic heterocycles. The van der Waals surface area contributed by atoms with E-state index in [1.807, 2.05) is 42.5 Å². The molecule has 1 saturated heterocycles. The summed E-state index contributed by atoms with van der Waals surface area (Å²) in [6.45, 7) is 1.84. The fraction of sp³-hybridized carbons (Fsp3) is 0.423. The van der Waals surface area contributed by atoms with Crippen LogP contribution < -0.4 is 10.2 Å². The molecule has 0 saturated carbocycles. The Labute approximate surface area is 190 Å². The Hall–Kier alpha value is -3.15. The molecule has 1 unspecified atom stereocenters. The van der Waals surface area contributed by atoms with Crippen molar-refractivity contribution in [1.29, 1.82) is 0 Å². The van der Waals surface area contributed by atoms with Gasteiger partial charge in [0, 0.05) is 32.1 Å². The zero-order chi connectivity index (χ0) is 22.3. The molecule has 0 spiro atoms. The number of fused-ring (bicyclic) bond motifs is 1. The number of nitrogens with zero attached hydrogens (tertiary/aromatic N) is 3. The van der Waals surface area contributed by atoms with Gasteiger partial charge in [0.05, 0.1) is 5.69 Å². The highest BCUT2D eigenvalue weighted by molar-refractivity contribution is 6.12. The molecule has 2 aromatic carbocycles. The van der Waals surface area contributed by atoms with E-state index in [9.17, 15) is 9.59 Å². The lowest BCUT2D eigenvalue weighted by atomic mass is 10.1. The Morgan fingerprint density at radius 3 is 2.44 bits per heavy atom. The van der Waals surface area contributed by atoms with Crippen molar-refractivity contribution in [3.05, 3.63) is 65.7 Å². The fourth-order valence-corrected chi connectivity index (χ4v) is 4.46. The number of rotatable bonds is 5. The first-order valence-electron chi connectivity index (χ1n) is 11.7. The van der Waals surface area contributed by atoms with Crippen LogP contribution in [-0.4, -0.2) is 48.9 Å². The topological polar surface area (TPSA) is 65.0 Å². The number of amides is 2. The molecule has 2 amide bonds. The van der Waals surface area contributed by atoms with E-state index in [1.165, 1.54) is 18.4 Å². The molecular weight excluding hydrogens is 400 g/mol. The highest BCUT2D eigenvalue weighted by Crippen LogP contribution is 2.27. The molecule has 4 rings (SSSR count). The van der Waals surface area contributed by atoms with E-state index >= 15 is 0 Å². The van der Waals surface area contributed by atoms with E-state index in [4.69, 9.17) is 4.99 Å². The number of likely N-dealkylation sites (N-methyl/N-ethyl adjacent to an activating group) is 1. The van der Waals surface area contributed by atoms with Crippen molar-refractivity contribution in [2.75, 3.05) is 25.0 Å². The Morgan fingerprint density at radius 1 is 1.00 bits per heavy atom. The first kappa shape index (κ1) is 22.1. The van der Waals surface area contributed by atoms with Crippen LogP contribution in [-0.2, 0) is 16.0 Å². The number of hydrogen-bond acceptors (Lipinski definition) is 4. The quantitative estimate of drug-likeness (QED) is 0.783. The molecule has 168 valence electrons. The molecule has 2 heterocycles. The zero-order valence-electron chi connectivity index (χ0n) is 18.8. The molecule has 0 aromatic heterocycles. The lowest BCUT2D eigenvalue weighted by molar-refractivity contribution is -0.127. The average Bonchev–Trinajstić information content (AvgIpc) is 3.15. The maximum absolute atomic E-state index is 13.2. The third kappa shape index (κ3) is 5.18. The summed E-state index contributed by atoms with van der Waals surface area (Å²) in [6, 6.07) is 18.0. The van der Waals surface area contributed by atoms with Crippen LogP contribution in [0, 0.1) is 0 Å². The normalized spacial score (nSPS) is 19.0. The summed E-state index contributed by atoms with van der Waals surface area (Å²) in [4.78, 5) is 34.7. The second-order valence-electron chi connectivity index (χ2n) is 8.58. The number of para-hydroxylation sites is 1. The summed E-state index contributed by atoms with van der Waals surface area (Å²) in [5.74, 6) is 0.464. The molecule has 2 aromatic rings. The van der Waals surface area contributed by atoms with Crippen molar-refractivity contribution in [2.45, 2.75) is 51.1 Å². The summed E-state index contributed by atoms with van der Waals surface area (Å²) < 4.78 is 0. The molecule has 0 radical (unpaired) electrons. The summed E-state index contributed by atoms with van der Waals surface area (Å²) >= 11 is 0. The second kappa shape index (κ2) is 10.4. The van der Waals surface area contributed by atoms with Gasteiger partial charge in [0.15, 0.2) is 0 Å². The molecule has 0 aliphatic carbocycles. The van der Waals surface area contributed by atoms with Gasteiger partial charge in [-0.1, -0.05) is 55.3 Å². The predicted octanol–water partition coefficient (Wildman–Crippen LogP) is 3.75. The minimum atomic E-state index is -0.908. The van der Waals surface area contributed by atoms with Gasteiger partial charge in [-0.25, -0.2) is 4.99 Å². The molecule has 1 N–H and O–H groups in total. The van der Waals surface area contributed by atoms with Gasteiger partial charge in [0.2, 0.25) is 12.1 Å². The van der Waals surface area contributed by atoms with E-state index in [1.54, 1.807) is 11.9 Å². The van der Waals surface area contributed by atoms with E-state index in [-0.39, 0.29) is 11.8 Å². The maximum Gasteiger partial charge on any atom is 0.272 e. The predicted molar refractivity (Wildman–Crippen MR) is 128 cm³/mol. The van der Waals surface area contributed by atoms with Crippen molar-refractivity contribution in [3.63, 3.8) is 0 Å². The van der Waals surface area contributed by atoms with Crippen LogP contribution in [0.5, 0.6) is 0 Å². The number of aliphatic imine (C=N–C) groups is 1. The minimum absolute atomic E-state index is 0.141. The minimum Gasteiger partial charge on any atom is -0.356 e. The third-order valence-electron chi connectivity index (χ3n) is 6.24. The van der Waals surface area contributed by atoms with Crippen LogP contribution in [0.1, 0.15) is 49.7 Å². The lowest BCUT2D eigenvalue weighted by Gasteiger charge is -2.25. The number of amidine groups is 1. The number of likely N-dealkylation sites (tertiary alicyclic amines) is 1. The van der Waals surface area contributed by atoms with Gasteiger partial charge in [0.25, 0.3) is 5.91 Å². The van der Waals surface area contributed by atoms with Crippen LogP contribution in [0.4, 0.5) is 5.69 Å². The van der Waals surface area contributed by atoms with Crippen LogP contribution in [0.3, 0.4) is 0 Å². The summed E-state index contributed by atoms with van der Waals surface area (Å²) in [5.41, 5.74) is 3.00. The monoisotopic (exact) mass is 432 g/mol. The van der Waals surface area contributed by atoms with Gasteiger partial charge in [0.1, 0.15) is 5.84 Å². The van der Waals surface area contributed by atoms with Gasteiger partial charge in [-0.2, -0.15) is 0 Å². The number of aryl methyl sites for hydroxylation is 1. The number of anilines is 1. The number of benzodiazepines with no additional fused rings is 1. The van der Waals surface area contributed by atoms with Gasteiger partial charge in [-0.15, -0.1) is 0 Å². The summed E-state index contributed by atoms with van der Waals surface area (Å²) in [5, 5.41) is 2.90. The van der Waals surface area contributed by atoms with Gasteiger partial charge >= 0.3 is 0 Å². The van der Waals surface area contributed by atoms with Crippen molar-refractivity contribution in [2.24, 2.45) is 4.99 Å². The highest BCUT2D eigenvalue weighted by atomic mass is 16.2. The number of benzene rings is 2. The van der Waals surface area contributed by atoms with Crippen molar-refractivity contribution < 1.29 is 9.59 Å². The smallest absolute Gasteiger partial charge is 0.272 e. The van der Waals surface area contributed by atoms with Gasteiger partial charge in [-0.3, -0.25) is 9.59 Å². The molecule has 0 bridgehead atoms. The Balaban J connectivity index is 1.52. The van der Waals surface area contributed by atoms with Crippen LogP contribution in [0.25, 0.3) is 0 Å². The fourth-order valence-electron chi connectivity index (χ4n) is 4.46. The summed E-state index contributed by atoms with van der Waals surface area (Å²) in [6.07, 6.45) is 5.68. The molecule has 2 aliphatic rings. The SMILES string of the molecule is CN1C(=O)C(NC(=O)CCCc2ccccc2)N=C(N2CCCCCC2)c2ccccc21. The first-order valence-corrected chi connectivity index (χ1v) is 11.7. The molecule has 6 nitrogen and oxygen atoms in total. The highest BCUT2D eigenvalue weighted by Gasteiger charge is 2.32. The Kier molecular flexibility index (Phi) is 7.20. The van der Waals surface area contributed by atoms with E-state index < -0.39 is 6.17 Å². The molecular formula is C26H32N4O2. The molecule has 1 atom stereocenters. The Morgan fingerprint density at radius 2 is 1.69 bits per heavy atom. The van der Waals surface area contributed by atoms with E-state index in [2.05, 4.69) is 22.3 Å². The van der Waals surface area contributed by atoms with Gasteiger partial charge < -0.3 is 15.1 Å². The Bertz CT molecular complexity index is 965. The first-order chi connectivity index (χ1) is 15.6. The second-order valence-corrected chi connectivity index (χ2v) is 8.58. The molecule has 6 heteroatoms. The lowest BCUT2D eigenvalue weighted by Crippen LogP contribution is -2.46. The number of hydrogen-bond donors (Lipinski definition) is 1. The largest absolute Gasteiger partial charge is 0.356 e. The van der Waals surface area contributed by atoms with Crippen molar-refractivity contribution in [1.82, 2.24) is 10.2 Å². The number of carbonyl (C=O) groups excluding carboxylic acids is 2. The van der Waals surface area contributed by atoms with Crippen molar-refractivity contribution >= 4 is 23.3 Å². The summed E-state index contributed by atoms with van der Waals surface area (Å²) in [7, 11) is 1.76. The van der Waals surface area contributed by atoms with E-state index in [0.717, 1.165) is 55.9 Å². The standard InChI is InChI=1S/C26H32N4O2/c1-29-22-16-8-7-15-21(22)25(30-18-9-2-3-10-19-30)28-24(26(29)32)27-23(31)17-11-14-20-12-5-4-6-13-20/h4-8,12-13,15-16,24H,2-3,9-11,14,17-19H2,1H3,(H,27,31). The zero-order valence-corrected chi connectivity index (χ0v) is 18.8. The maximum atomic E-state index is 13.2. The van der Waals surface area contributed by atoms with Crippen LogP contribution in [0.2, 0.25) is 0 Å². The average molecular weight is 433 g/mol. The molecule has 1 fully saturated rings. The van der Waals surface area contributed by atoms with E-state index in [0.29, 0.717) is 6.42 Å². The number of carbonyl (C=O) groups is 2. The number of nitrogens with one attached hydrogen (secondary N) is 1. The van der Waals surface area contributed by atoms with Crippen LogP contribution in [0.15, 0.2) is 59.6 Å². The van der Waals surface area contributed by atoms with Crippen LogP contribution >= 0.6 is 0 Å². The molecule has 32 heavy (non-hydrogen) atoms. The van der Waals surface area contributed by atoms with Gasteiger partial charge in [-0.05, 0) is 43.4 Å². The van der Waals surface area contributed by atoms with Crippen molar-refractivity contribution in [3.8, 4) is 0 Å².